The molecule has 0 unspecified atom stereocenters. The highest BCUT2D eigenvalue weighted by Gasteiger charge is 2.24. The SMILES string of the molecule is CC(C)NC(=S)[C@H](C#N)C(=O)N(C)C. The van der Waals surface area contributed by atoms with Crippen LogP contribution in [0.2, 0.25) is 0 Å². The van der Waals surface area contributed by atoms with Crippen LogP contribution < -0.4 is 5.32 Å². The summed E-state index contributed by atoms with van der Waals surface area (Å²) in [6.45, 7) is 3.81. The van der Waals surface area contributed by atoms with Gasteiger partial charge >= 0.3 is 0 Å². The Morgan fingerprint density at radius 2 is 2.00 bits per heavy atom. The molecular weight excluding hydrogens is 198 g/mol. The zero-order chi connectivity index (χ0) is 11.3. The fourth-order valence-corrected chi connectivity index (χ4v) is 1.24. The van der Waals surface area contributed by atoms with Gasteiger partial charge in [-0.1, -0.05) is 12.2 Å². The molecule has 0 rings (SSSR count). The topological polar surface area (TPSA) is 56.1 Å². The largest absolute Gasteiger partial charge is 0.376 e. The normalized spacial score (nSPS) is 11.7. The molecule has 0 saturated carbocycles. The van der Waals surface area contributed by atoms with Crippen LogP contribution in [-0.4, -0.2) is 35.9 Å². The average molecular weight is 213 g/mol. The van der Waals surface area contributed by atoms with Crippen LogP contribution in [0.1, 0.15) is 13.8 Å². The first-order valence-electron chi connectivity index (χ1n) is 4.31. The molecule has 0 radical (unpaired) electrons. The number of nitrogens with one attached hydrogen (secondary N) is 1. The number of thiocarbonyl (C=S) groups is 1. The van der Waals surface area contributed by atoms with E-state index in [2.05, 4.69) is 5.32 Å². The molecule has 0 aromatic carbocycles. The van der Waals surface area contributed by atoms with E-state index in [1.807, 2.05) is 19.9 Å². The third kappa shape index (κ3) is 3.71. The Morgan fingerprint density at radius 3 is 2.29 bits per heavy atom. The van der Waals surface area contributed by atoms with Gasteiger partial charge in [0.05, 0.1) is 6.07 Å². The van der Waals surface area contributed by atoms with Crippen molar-refractivity contribution in [3.63, 3.8) is 0 Å². The fourth-order valence-electron chi connectivity index (χ4n) is 0.852. The van der Waals surface area contributed by atoms with Gasteiger partial charge in [-0.3, -0.25) is 4.79 Å². The van der Waals surface area contributed by atoms with Crippen LogP contribution in [0.4, 0.5) is 0 Å². The zero-order valence-corrected chi connectivity index (χ0v) is 9.68. The van der Waals surface area contributed by atoms with Crippen LogP contribution in [0.25, 0.3) is 0 Å². The van der Waals surface area contributed by atoms with Gasteiger partial charge in [-0.05, 0) is 13.8 Å². The number of rotatable bonds is 3. The third-order valence-corrected chi connectivity index (χ3v) is 1.86. The quantitative estimate of drug-likeness (QED) is 0.695. The standard InChI is InChI=1S/C9H15N3OS/c1-6(2)11-8(14)7(5-10)9(13)12(3)4/h6-7H,1-4H3,(H,11,14)/t7-/m0/s1. The molecule has 4 nitrogen and oxygen atoms in total. The number of nitrogens with zero attached hydrogens (tertiary/aromatic N) is 2. The van der Waals surface area contributed by atoms with E-state index < -0.39 is 5.92 Å². The Balaban J connectivity index is 4.51. The second-order valence-corrected chi connectivity index (χ2v) is 3.90. The van der Waals surface area contributed by atoms with Gasteiger partial charge in [0.15, 0.2) is 5.92 Å². The molecule has 0 aliphatic rings. The van der Waals surface area contributed by atoms with Crippen molar-refractivity contribution in [2.24, 2.45) is 5.92 Å². The second kappa shape index (κ2) is 5.55. The summed E-state index contributed by atoms with van der Waals surface area (Å²) < 4.78 is 0. The van der Waals surface area contributed by atoms with Gasteiger partial charge in [0.2, 0.25) is 5.91 Å². The highest BCUT2D eigenvalue weighted by Crippen LogP contribution is 2.02. The van der Waals surface area contributed by atoms with Crippen molar-refractivity contribution in [3.05, 3.63) is 0 Å². The van der Waals surface area contributed by atoms with Crippen molar-refractivity contribution < 1.29 is 4.79 Å². The molecule has 1 N–H and O–H groups in total. The number of amides is 1. The van der Waals surface area contributed by atoms with Gasteiger partial charge in [-0.25, -0.2) is 0 Å². The first kappa shape index (κ1) is 12.8. The Labute approximate surface area is 89.9 Å². The zero-order valence-electron chi connectivity index (χ0n) is 8.87. The smallest absolute Gasteiger partial charge is 0.246 e. The second-order valence-electron chi connectivity index (χ2n) is 3.46. The molecule has 5 heteroatoms. The predicted molar refractivity (Wildman–Crippen MR) is 58.7 cm³/mol. The fraction of sp³-hybridized carbons (Fsp3) is 0.667. The summed E-state index contributed by atoms with van der Waals surface area (Å²) >= 11 is 4.97. The molecule has 1 amide bonds. The number of nitriles is 1. The lowest BCUT2D eigenvalue weighted by Gasteiger charge is -2.18. The van der Waals surface area contributed by atoms with Crippen LogP contribution >= 0.6 is 12.2 Å². The summed E-state index contributed by atoms with van der Waals surface area (Å²) in [6.07, 6.45) is 0. The first-order valence-corrected chi connectivity index (χ1v) is 4.72. The molecule has 0 aromatic rings. The maximum absolute atomic E-state index is 11.5. The van der Waals surface area contributed by atoms with Crippen molar-refractivity contribution in [2.75, 3.05) is 14.1 Å². The summed E-state index contributed by atoms with van der Waals surface area (Å²) in [6, 6.07) is 2.03. The number of hydrogen-bond acceptors (Lipinski definition) is 3. The van der Waals surface area contributed by atoms with E-state index in [9.17, 15) is 4.79 Å². The summed E-state index contributed by atoms with van der Waals surface area (Å²) in [7, 11) is 3.20. The van der Waals surface area contributed by atoms with Crippen LogP contribution in [0.5, 0.6) is 0 Å². The summed E-state index contributed by atoms with van der Waals surface area (Å²) in [4.78, 5) is 13.1. The van der Waals surface area contributed by atoms with Crippen molar-refractivity contribution in [1.29, 1.82) is 5.26 Å². The van der Waals surface area contributed by atoms with Crippen LogP contribution in [0.3, 0.4) is 0 Å². The Morgan fingerprint density at radius 1 is 1.50 bits per heavy atom. The minimum atomic E-state index is -0.873. The summed E-state index contributed by atoms with van der Waals surface area (Å²) in [5, 5.41) is 11.7. The van der Waals surface area contributed by atoms with Gasteiger partial charge in [0.1, 0.15) is 4.99 Å². The van der Waals surface area contributed by atoms with Crippen molar-refractivity contribution in [3.8, 4) is 6.07 Å². The van der Waals surface area contributed by atoms with E-state index in [-0.39, 0.29) is 11.9 Å². The first-order chi connectivity index (χ1) is 6.40. The van der Waals surface area contributed by atoms with Crippen molar-refractivity contribution in [1.82, 2.24) is 10.2 Å². The Hall–Kier alpha value is -1.15. The van der Waals surface area contributed by atoms with E-state index in [1.54, 1.807) is 14.1 Å². The monoisotopic (exact) mass is 213 g/mol. The Kier molecular flexibility index (Phi) is 5.10. The van der Waals surface area contributed by atoms with E-state index in [4.69, 9.17) is 17.5 Å². The molecule has 1 atom stereocenters. The van der Waals surface area contributed by atoms with Crippen molar-refractivity contribution >= 4 is 23.1 Å². The summed E-state index contributed by atoms with van der Waals surface area (Å²) in [5.41, 5.74) is 0. The predicted octanol–water partition coefficient (Wildman–Crippen LogP) is 0.540. The lowest BCUT2D eigenvalue weighted by molar-refractivity contribution is -0.129. The Bertz CT molecular complexity index is 268. The third-order valence-electron chi connectivity index (χ3n) is 1.51. The van der Waals surface area contributed by atoms with Crippen LogP contribution in [0.15, 0.2) is 0 Å². The van der Waals surface area contributed by atoms with E-state index in [0.717, 1.165) is 0 Å². The maximum atomic E-state index is 11.5. The average Bonchev–Trinajstić information content (AvgIpc) is 2.03. The molecule has 78 valence electrons. The molecule has 0 saturated heterocycles. The number of carbonyl (C=O) groups excluding carboxylic acids is 1. The minimum Gasteiger partial charge on any atom is -0.376 e. The molecule has 0 aliphatic heterocycles. The van der Waals surface area contributed by atoms with Gasteiger partial charge in [-0.2, -0.15) is 5.26 Å². The summed E-state index contributed by atoms with van der Waals surface area (Å²) in [5.74, 6) is -1.16. The van der Waals surface area contributed by atoms with E-state index in [0.29, 0.717) is 4.99 Å². The highest BCUT2D eigenvalue weighted by atomic mass is 32.1. The van der Waals surface area contributed by atoms with Crippen LogP contribution in [-0.2, 0) is 4.79 Å². The van der Waals surface area contributed by atoms with Gasteiger partial charge < -0.3 is 10.2 Å². The van der Waals surface area contributed by atoms with Gasteiger partial charge in [0.25, 0.3) is 0 Å². The minimum absolute atomic E-state index is 0.133. The molecule has 0 spiro atoms. The van der Waals surface area contributed by atoms with Gasteiger partial charge in [-0.15, -0.1) is 0 Å². The molecular formula is C9H15N3OS. The van der Waals surface area contributed by atoms with Crippen molar-refractivity contribution in [2.45, 2.75) is 19.9 Å². The molecule has 14 heavy (non-hydrogen) atoms. The molecule has 0 bridgehead atoms. The van der Waals surface area contributed by atoms with Crippen LogP contribution in [0, 0.1) is 17.2 Å². The number of hydrogen-bond donors (Lipinski definition) is 1. The molecule has 0 fully saturated rings. The highest BCUT2D eigenvalue weighted by molar-refractivity contribution is 7.80. The molecule has 0 heterocycles. The van der Waals surface area contributed by atoms with Gasteiger partial charge in [0, 0.05) is 20.1 Å². The van der Waals surface area contributed by atoms with E-state index in [1.165, 1.54) is 4.90 Å². The van der Waals surface area contributed by atoms with E-state index >= 15 is 0 Å². The molecule has 0 aliphatic carbocycles. The lowest BCUT2D eigenvalue weighted by atomic mass is 10.1. The molecule has 0 aromatic heterocycles. The maximum Gasteiger partial charge on any atom is 0.246 e. The lowest BCUT2D eigenvalue weighted by Crippen LogP contribution is -2.41. The number of carbonyl (C=O) groups is 1.